The van der Waals surface area contributed by atoms with E-state index in [4.69, 9.17) is 23.4 Å². The van der Waals surface area contributed by atoms with Gasteiger partial charge in [0.05, 0.1) is 0 Å². The summed E-state index contributed by atoms with van der Waals surface area (Å²) < 4.78 is 26.8. The lowest BCUT2D eigenvalue weighted by Gasteiger charge is -2.40. The Morgan fingerprint density at radius 2 is 0.702 bits per heavy atom. The molecule has 0 bridgehead atoms. The maximum Gasteiger partial charge on any atom is 0.250 e. The molecule has 2 aromatic carbocycles. The van der Waals surface area contributed by atoms with E-state index in [1.165, 1.54) is 11.1 Å². The number of nitrogens with one attached hydrogen (secondary N) is 1. The minimum absolute atomic E-state index is 0.140. The fourth-order valence-corrected chi connectivity index (χ4v) is 9.77. The summed E-state index contributed by atoms with van der Waals surface area (Å²) >= 11 is 0. The minimum Gasteiger partial charge on any atom is -0.541 e. The largest absolute Gasteiger partial charge is 0.541 e. The van der Waals surface area contributed by atoms with E-state index in [-0.39, 0.29) is 20.2 Å². The summed E-state index contributed by atoms with van der Waals surface area (Å²) in [6.07, 6.45) is 1.86. The van der Waals surface area contributed by atoms with Gasteiger partial charge in [0.2, 0.25) is 0 Å². The highest BCUT2D eigenvalue weighted by molar-refractivity contribution is 6.78. The summed E-state index contributed by atoms with van der Waals surface area (Å²) in [6, 6.07) is 13.0. The molecule has 0 aliphatic heterocycles. The number of benzene rings is 2. The van der Waals surface area contributed by atoms with Crippen molar-refractivity contribution in [2.75, 3.05) is 13.1 Å². The van der Waals surface area contributed by atoms with Gasteiger partial charge in [-0.15, -0.1) is 0 Å². The van der Waals surface area contributed by atoms with Crippen molar-refractivity contribution in [2.24, 2.45) is 5.73 Å². The van der Waals surface area contributed by atoms with E-state index >= 15 is 0 Å². The molecule has 0 aliphatic rings. The highest BCUT2D eigenvalue weighted by Gasteiger charge is 2.44. The minimum atomic E-state index is -1.98. The first-order valence-corrected chi connectivity index (χ1v) is 36.2. The van der Waals surface area contributed by atoms with Gasteiger partial charge >= 0.3 is 0 Å². The standard InChI is InChI=1S/C26H53NO2Si3.C20H39NO2Si2/c1-24(2,3)30(10,11)27-19-18-21-16-17-22(28-31(12,13)25(4,5)6)23(20-21)29-32(14,15)26(7,8)9;1-19(2,3)24(7,8)22-17-12-11-16(13-14-21)15-18(17)23-25(9,10)20(4,5)6/h16-17,20,27H,18-19H2,1-15H3;11-12,15H,13-14,21H2,1-10H3. The van der Waals surface area contributed by atoms with Crippen molar-refractivity contribution in [3.05, 3.63) is 47.5 Å². The third-order valence-corrected chi connectivity index (χ3v) is 36.2. The third kappa shape index (κ3) is 15.3. The first-order chi connectivity index (χ1) is 25.1. The molecule has 0 unspecified atom stereocenters. The van der Waals surface area contributed by atoms with Gasteiger partial charge in [-0.2, -0.15) is 0 Å². The van der Waals surface area contributed by atoms with Crippen molar-refractivity contribution in [2.45, 2.75) is 207 Å². The molecule has 0 saturated heterocycles. The van der Waals surface area contributed by atoms with Crippen LogP contribution in [0.25, 0.3) is 0 Å². The van der Waals surface area contributed by atoms with Crippen LogP contribution in [0.1, 0.15) is 115 Å². The summed E-state index contributed by atoms with van der Waals surface area (Å²) in [5.41, 5.74) is 8.27. The average molecular weight is 878 g/mol. The molecule has 6 nitrogen and oxygen atoms in total. The van der Waals surface area contributed by atoms with Crippen LogP contribution in [0.3, 0.4) is 0 Å². The molecule has 0 saturated carbocycles. The molecule has 0 amide bonds. The molecule has 0 radical (unpaired) electrons. The second kappa shape index (κ2) is 18.7. The van der Waals surface area contributed by atoms with E-state index in [0.717, 1.165) is 42.4 Å². The first-order valence-electron chi connectivity index (χ1n) is 21.6. The van der Waals surface area contributed by atoms with E-state index in [1.807, 2.05) is 0 Å². The molecule has 330 valence electrons. The van der Waals surface area contributed by atoms with Crippen molar-refractivity contribution < 1.29 is 17.7 Å². The van der Waals surface area contributed by atoms with Crippen molar-refractivity contribution in [3.8, 4) is 23.0 Å². The molecule has 57 heavy (non-hydrogen) atoms. The van der Waals surface area contributed by atoms with E-state index < -0.39 is 41.5 Å². The predicted octanol–water partition coefficient (Wildman–Crippen LogP) is 14.5. The molecule has 11 heteroatoms. The summed E-state index contributed by atoms with van der Waals surface area (Å²) in [6.45, 7) is 59.2. The molecular formula is C46H92N2O4Si5. The Hall–Kier alpha value is -1.36. The van der Waals surface area contributed by atoms with Gasteiger partial charge in [-0.05, 0) is 139 Å². The van der Waals surface area contributed by atoms with Crippen molar-refractivity contribution >= 4 is 41.5 Å². The Morgan fingerprint density at radius 1 is 0.421 bits per heavy atom. The van der Waals surface area contributed by atoms with Gasteiger partial charge in [-0.3, -0.25) is 0 Å². The quantitative estimate of drug-likeness (QED) is 0.184. The highest BCUT2D eigenvalue weighted by atomic mass is 28.4. The van der Waals surface area contributed by atoms with Crippen LogP contribution in [0.2, 0.25) is 90.7 Å². The van der Waals surface area contributed by atoms with Crippen LogP contribution in [0, 0.1) is 0 Å². The third-order valence-electron chi connectivity index (χ3n) is 14.0. The Balaban J connectivity index is 0.000000587. The second-order valence-corrected chi connectivity index (χ2v) is 48.1. The van der Waals surface area contributed by atoms with E-state index in [9.17, 15) is 0 Å². The fraction of sp³-hybridized carbons (Fsp3) is 0.739. The molecule has 2 rings (SSSR count). The maximum absolute atomic E-state index is 6.82. The van der Waals surface area contributed by atoms with Gasteiger partial charge in [0.1, 0.15) is 31.2 Å². The second-order valence-electron chi connectivity index (χ2n) is 24.1. The zero-order valence-electron chi connectivity index (χ0n) is 42.0. The van der Waals surface area contributed by atoms with Crippen LogP contribution in [-0.4, -0.2) is 54.6 Å². The zero-order chi connectivity index (χ0) is 45.1. The Bertz CT molecular complexity index is 1590. The van der Waals surface area contributed by atoms with E-state index in [1.54, 1.807) is 0 Å². The Kier molecular flexibility index (Phi) is 17.6. The summed E-state index contributed by atoms with van der Waals surface area (Å²) in [5, 5.41) is 0.918. The number of rotatable bonds is 14. The Morgan fingerprint density at radius 3 is 0.965 bits per heavy atom. The first kappa shape index (κ1) is 53.7. The number of hydrogen-bond donors (Lipinski definition) is 2. The van der Waals surface area contributed by atoms with Gasteiger partial charge in [0, 0.05) is 0 Å². The maximum atomic E-state index is 6.82. The lowest BCUT2D eigenvalue weighted by Crippen LogP contribution is -2.52. The van der Waals surface area contributed by atoms with Crippen LogP contribution >= 0.6 is 0 Å². The molecule has 0 aromatic heterocycles. The molecule has 0 fully saturated rings. The summed E-state index contributed by atoms with van der Waals surface area (Å²) in [5.74, 6) is 3.63. The molecule has 2 aromatic rings. The lowest BCUT2D eigenvalue weighted by molar-refractivity contribution is 0.440. The SMILES string of the molecule is CC(C)(C)[Si](C)(C)NCCc1ccc(O[Si](C)(C)C(C)(C)C)c(O[Si](C)(C)C(C)(C)C)c1.CC(C)(C)[Si](C)(C)Oc1ccc(CCN)cc1O[Si](C)(C)C(C)(C)C. The molecule has 0 aliphatic carbocycles. The monoisotopic (exact) mass is 877 g/mol. The van der Waals surface area contributed by atoms with Gasteiger partial charge in [0.15, 0.2) is 0 Å². The van der Waals surface area contributed by atoms with Crippen molar-refractivity contribution in [1.82, 2.24) is 4.98 Å². The molecule has 3 N–H and O–H groups in total. The molecule has 0 atom stereocenters. The van der Waals surface area contributed by atoms with Gasteiger partial charge in [-0.1, -0.05) is 129 Å². The molecule has 0 heterocycles. The van der Waals surface area contributed by atoms with Crippen LogP contribution in [0.4, 0.5) is 0 Å². The number of hydrogen-bond acceptors (Lipinski definition) is 6. The van der Waals surface area contributed by atoms with Crippen molar-refractivity contribution in [3.63, 3.8) is 0 Å². The Labute approximate surface area is 359 Å². The number of nitrogens with two attached hydrogens (primary N) is 1. The van der Waals surface area contributed by atoms with Gasteiger partial charge < -0.3 is 28.4 Å². The van der Waals surface area contributed by atoms with E-state index in [0.29, 0.717) is 11.6 Å². The summed E-state index contributed by atoms with van der Waals surface area (Å²) in [7, 11) is -9.30. The normalized spacial score (nSPS) is 14.1. The predicted molar refractivity (Wildman–Crippen MR) is 266 cm³/mol. The van der Waals surface area contributed by atoms with Crippen LogP contribution in [0.15, 0.2) is 36.4 Å². The molecular weight excluding hydrogens is 785 g/mol. The van der Waals surface area contributed by atoms with Crippen LogP contribution < -0.4 is 28.4 Å². The van der Waals surface area contributed by atoms with E-state index in [2.05, 4.69) is 211 Å². The van der Waals surface area contributed by atoms with Gasteiger partial charge in [0.25, 0.3) is 33.3 Å². The average Bonchev–Trinajstić information content (AvgIpc) is 2.97. The molecule has 0 spiro atoms. The van der Waals surface area contributed by atoms with Crippen molar-refractivity contribution in [1.29, 1.82) is 0 Å². The lowest BCUT2D eigenvalue weighted by atomic mass is 10.1. The summed E-state index contributed by atoms with van der Waals surface area (Å²) in [4.78, 5) is 3.89. The van der Waals surface area contributed by atoms with Crippen LogP contribution in [-0.2, 0) is 12.8 Å². The van der Waals surface area contributed by atoms with Gasteiger partial charge in [-0.25, -0.2) is 0 Å². The highest BCUT2D eigenvalue weighted by Crippen LogP contribution is 2.46. The van der Waals surface area contributed by atoms with Crippen LogP contribution in [0.5, 0.6) is 23.0 Å². The smallest absolute Gasteiger partial charge is 0.250 e. The fourth-order valence-electron chi connectivity index (χ4n) is 4.41. The zero-order valence-corrected chi connectivity index (χ0v) is 47.0. The topological polar surface area (TPSA) is 75.0 Å².